The summed E-state index contributed by atoms with van der Waals surface area (Å²) in [6.07, 6.45) is 0.537. The molecule has 0 aliphatic carbocycles. The molecule has 4 N–H and O–H groups in total. The second kappa shape index (κ2) is 5.85. The Balaban J connectivity index is 2.16. The predicted octanol–water partition coefficient (Wildman–Crippen LogP) is 1.63. The summed E-state index contributed by atoms with van der Waals surface area (Å²) in [5, 5.41) is 14.3. The molecule has 0 aliphatic heterocycles. The molecule has 0 atom stereocenters. The number of amidine groups is 1. The van der Waals surface area contributed by atoms with Crippen molar-refractivity contribution in [3.05, 3.63) is 21.3 Å². The highest BCUT2D eigenvalue weighted by molar-refractivity contribution is 7.16. The third kappa shape index (κ3) is 3.95. The van der Waals surface area contributed by atoms with Gasteiger partial charge in [0.05, 0.1) is 4.34 Å². The first kappa shape index (κ1) is 11.3. The van der Waals surface area contributed by atoms with Crippen LogP contribution in [0.4, 0.5) is 0 Å². The van der Waals surface area contributed by atoms with Crippen molar-refractivity contribution in [1.82, 2.24) is 5.32 Å². The lowest BCUT2D eigenvalue weighted by atomic mass is 10.4. The molecule has 0 aliphatic rings. The molecule has 0 amide bonds. The number of rotatable bonds is 5. The third-order valence-corrected chi connectivity index (χ3v) is 2.85. The van der Waals surface area contributed by atoms with E-state index in [4.69, 9.17) is 22.5 Å². The van der Waals surface area contributed by atoms with E-state index < -0.39 is 0 Å². The van der Waals surface area contributed by atoms with Gasteiger partial charge in [-0.05, 0) is 12.1 Å². The molecule has 0 aromatic carbocycles. The number of thiophene rings is 1. The van der Waals surface area contributed by atoms with Gasteiger partial charge < -0.3 is 16.3 Å². The number of nitrogens with two attached hydrogens (primary N) is 1. The van der Waals surface area contributed by atoms with Crippen molar-refractivity contribution in [3.63, 3.8) is 0 Å². The number of hydrogen-bond acceptors (Lipinski definition) is 4. The van der Waals surface area contributed by atoms with Gasteiger partial charge in [-0.25, -0.2) is 0 Å². The zero-order chi connectivity index (χ0) is 10.4. The van der Waals surface area contributed by atoms with Gasteiger partial charge in [-0.15, -0.1) is 11.3 Å². The van der Waals surface area contributed by atoms with Crippen molar-refractivity contribution in [2.45, 2.75) is 13.0 Å². The Kier molecular flexibility index (Phi) is 4.72. The van der Waals surface area contributed by atoms with Crippen molar-refractivity contribution < 1.29 is 5.21 Å². The summed E-state index contributed by atoms with van der Waals surface area (Å²) in [5.41, 5.74) is 5.30. The summed E-state index contributed by atoms with van der Waals surface area (Å²) in [4.78, 5) is 1.18. The third-order valence-electron chi connectivity index (χ3n) is 1.61. The van der Waals surface area contributed by atoms with Crippen molar-refractivity contribution in [3.8, 4) is 0 Å². The molecular weight excluding hydrogens is 222 g/mol. The molecule has 0 radical (unpaired) electrons. The number of nitrogens with one attached hydrogen (secondary N) is 1. The van der Waals surface area contributed by atoms with E-state index in [1.165, 1.54) is 4.88 Å². The van der Waals surface area contributed by atoms with E-state index in [9.17, 15) is 0 Å². The van der Waals surface area contributed by atoms with E-state index in [0.29, 0.717) is 13.0 Å². The number of oxime groups is 1. The lowest BCUT2D eigenvalue weighted by molar-refractivity contribution is 0.316. The highest BCUT2D eigenvalue weighted by Gasteiger charge is 1.97. The fourth-order valence-corrected chi connectivity index (χ4v) is 1.98. The second-order valence-corrected chi connectivity index (χ2v) is 4.52. The molecule has 0 bridgehead atoms. The molecule has 0 fully saturated rings. The van der Waals surface area contributed by atoms with E-state index in [1.54, 1.807) is 11.3 Å². The lowest BCUT2D eigenvalue weighted by Crippen LogP contribution is -2.21. The molecule has 4 nitrogen and oxygen atoms in total. The average molecular weight is 234 g/mol. The van der Waals surface area contributed by atoms with Crippen LogP contribution < -0.4 is 11.1 Å². The van der Waals surface area contributed by atoms with Gasteiger partial charge in [-0.2, -0.15) is 0 Å². The summed E-state index contributed by atoms with van der Waals surface area (Å²) < 4.78 is 0.790. The van der Waals surface area contributed by atoms with Crippen LogP contribution >= 0.6 is 22.9 Å². The minimum absolute atomic E-state index is 0.238. The van der Waals surface area contributed by atoms with Crippen LogP contribution in [0.5, 0.6) is 0 Å². The van der Waals surface area contributed by atoms with E-state index in [0.717, 1.165) is 10.9 Å². The zero-order valence-electron chi connectivity index (χ0n) is 7.53. The molecule has 14 heavy (non-hydrogen) atoms. The topological polar surface area (TPSA) is 70.6 Å². The molecule has 1 aromatic heterocycles. The van der Waals surface area contributed by atoms with Crippen LogP contribution in [0.3, 0.4) is 0 Å². The first-order valence-corrected chi connectivity index (χ1v) is 5.33. The minimum Gasteiger partial charge on any atom is -0.409 e. The first-order valence-electron chi connectivity index (χ1n) is 4.13. The number of hydrogen-bond donors (Lipinski definition) is 3. The average Bonchev–Trinajstić information content (AvgIpc) is 2.58. The quantitative estimate of drug-likeness (QED) is 0.238. The maximum Gasteiger partial charge on any atom is 0.140 e. The molecule has 1 heterocycles. The highest BCUT2D eigenvalue weighted by atomic mass is 35.5. The van der Waals surface area contributed by atoms with Crippen molar-refractivity contribution in [1.29, 1.82) is 0 Å². The summed E-state index contributed by atoms with van der Waals surface area (Å²) in [6.45, 7) is 1.45. The Morgan fingerprint density at radius 3 is 3.00 bits per heavy atom. The zero-order valence-corrected chi connectivity index (χ0v) is 9.11. The molecule has 0 unspecified atom stereocenters. The van der Waals surface area contributed by atoms with Gasteiger partial charge >= 0.3 is 0 Å². The SMILES string of the molecule is NC(CCNCc1ccc(Cl)s1)=NO. The fraction of sp³-hybridized carbons (Fsp3) is 0.375. The van der Waals surface area contributed by atoms with E-state index in [1.807, 2.05) is 12.1 Å². The maximum atomic E-state index is 8.27. The Morgan fingerprint density at radius 1 is 1.64 bits per heavy atom. The van der Waals surface area contributed by atoms with Gasteiger partial charge in [-0.1, -0.05) is 16.8 Å². The van der Waals surface area contributed by atoms with Crippen LogP contribution in [-0.2, 0) is 6.54 Å². The Bertz CT molecular complexity index is 313. The molecule has 6 heteroatoms. The van der Waals surface area contributed by atoms with Crippen LogP contribution in [0.15, 0.2) is 17.3 Å². The predicted molar refractivity (Wildman–Crippen MR) is 59.1 cm³/mol. The van der Waals surface area contributed by atoms with Gasteiger partial charge in [0.15, 0.2) is 0 Å². The maximum absolute atomic E-state index is 8.27. The molecule has 0 saturated heterocycles. The summed E-state index contributed by atoms with van der Waals surface area (Å²) >= 11 is 7.31. The Labute approximate surface area is 91.4 Å². The molecule has 78 valence electrons. The van der Waals surface area contributed by atoms with Crippen LogP contribution in [0.2, 0.25) is 4.34 Å². The highest BCUT2D eigenvalue weighted by Crippen LogP contribution is 2.20. The Morgan fingerprint density at radius 2 is 2.43 bits per heavy atom. The van der Waals surface area contributed by atoms with E-state index in [-0.39, 0.29) is 5.84 Å². The lowest BCUT2D eigenvalue weighted by Gasteiger charge is -2.01. The summed E-state index contributed by atoms with van der Waals surface area (Å²) in [6, 6.07) is 3.84. The smallest absolute Gasteiger partial charge is 0.140 e. The van der Waals surface area contributed by atoms with Crippen molar-refractivity contribution in [2.75, 3.05) is 6.54 Å². The number of halogens is 1. The van der Waals surface area contributed by atoms with E-state index >= 15 is 0 Å². The van der Waals surface area contributed by atoms with Gasteiger partial charge in [0.25, 0.3) is 0 Å². The number of nitrogens with zero attached hydrogens (tertiary/aromatic N) is 1. The standard InChI is InChI=1S/C8H12ClN3OS/c9-7-2-1-6(14-7)5-11-4-3-8(10)12-13/h1-2,11,13H,3-5H2,(H2,10,12). The minimum atomic E-state index is 0.238. The fourth-order valence-electron chi connectivity index (χ4n) is 0.925. The summed E-state index contributed by atoms with van der Waals surface area (Å²) in [5.74, 6) is 0.238. The van der Waals surface area contributed by atoms with Gasteiger partial charge in [0.1, 0.15) is 5.84 Å². The van der Waals surface area contributed by atoms with Crippen LogP contribution in [-0.4, -0.2) is 17.6 Å². The monoisotopic (exact) mass is 233 g/mol. The normalized spacial score (nSPS) is 11.9. The van der Waals surface area contributed by atoms with Gasteiger partial charge in [0, 0.05) is 24.4 Å². The van der Waals surface area contributed by atoms with Crippen molar-refractivity contribution in [2.24, 2.45) is 10.9 Å². The van der Waals surface area contributed by atoms with Crippen LogP contribution in [0, 0.1) is 0 Å². The molecular formula is C8H12ClN3OS. The van der Waals surface area contributed by atoms with E-state index in [2.05, 4.69) is 10.5 Å². The van der Waals surface area contributed by atoms with Crippen molar-refractivity contribution >= 4 is 28.8 Å². The summed E-state index contributed by atoms with van der Waals surface area (Å²) in [7, 11) is 0. The molecule has 0 spiro atoms. The Hall–Kier alpha value is -0.780. The van der Waals surface area contributed by atoms with Gasteiger partial charge in [0.2, 0.25) is 0 Å². The van der Waals surface area contributed by atoms with Crippen LogP contribution in [0.1, 0.15) is 11.3 Å². The van der Waals surface area contributed by atoms with Crippen LogP contribution in [0.25, 0.3) is 0 Å². The second-order valence-electron chi connectivity index (χ2n) is 2.72. The van der Waals surface area contributed by atoms with Gasteiger partial charge in [-0.3, -0.25) is 0 Å². The molecule has 0 saturated carbocycles. The molecule has 1 rings (SSSR count). The molecule has 1 aromatic rings. The first-order chi connectivity index (χ1) is 6.72. The largest absolute Gasteiger partial charge is 0.409 e.